The van der Waals surface area contributed by atoms with Crippen molar-refractivity contribution in [1.82, 2.24) is 9.78 Å². The van der Waals surface area contributed by atoms with E-state index in [-0.39, 0.29) is 11.3 Å². The molecule has 0 aliphatic heterocycles. The molecule has 7 heteroatoms. The van der Waals surface area contributed by atoms with E-state index in [1.165, 1.54) is 16.9 Å². The van der Waals surface area contributed by atoms with Gasteiger partial charge in [0.2, 0.25) is 0 Å². The van der Waals surface area contributed by atoms with Crippen LogP contribution in [0.15, 0.2) is 54.9 Å². The van der Waals surface area contributed by atoms with Crippen LogP contribution < -0.4 is 5.32 Å². The Bertz CT molecular complexity index is 849. The fourth-order valence-electron chi connectivity index (χ4n) is 2.12. The van der Waals surface area contributed by atoms with Crippen molar-refractivity contribution < 1.29 is 14.3 Å². The normalized spacial score (nSPS) is 10.5. The molecule has 0 amide bonds. The Labute approximate surface area is 144 Å². The summed E-state index contributed by atoms with van der Waals surface area (Å²) in [7, 11) is 0. The second kappa shape index (κ2) is 6.37. The smallest absolute Gasteiger partial charge is 0.337 e. The SMILES string of the molecule is O=C(O)c1cc(F)c(-n2cccn2)cc1Nc1ccc(I)cc1. The number of hydrogen-bond donors (Lipinski definition) is 2. The van der Waals surface area contributed by atoms with E-state index in [9.17, 15) is 14.3 Å². The Morgan fingerprint density at radius 2 is 2.00 bits per heavy atom. The van der Waals surface area contributed by atoms with Gasteiger partial charge < -0.3 is 10.4 Å². The van der Waals surface area contributed by atoms with E-state index in [2.05, 4.69) is 33.0 Å². The van der Waals surface area contributed by atoms with Crippen LogP contribution in [-0.2, 0) is 0 Å². The number of halogens is 2. The minimum Gasteiger partial charge on any atom is -0.478 e. The third-order valence-electron chi connectivity index (χ3n) is 3.19. The average molecular weight is 423 g/mol. The highest BCUT2D eigenvalue weighted by atomic mass is 127. The van der Waals surface area contributed by atoms with Crippen molar-refractivity contribution in [3.63, 3.8) is 0 Å². The zero-order chi connectivity index (χ0) is 16.4. The van der Waals surface area contributed by atoms with Crippen LogP contribution >= 0.6 is 22.6 Å². The standard InChI is InChI=1S/C16H11FIN3O2/c17-13-8-12(16(22)23)14(9-15(13)21-7-1-6-19-21)20-11-4-2-10(18)3-5-11/h1-9,20H,(H,22,23). The number of benzene rings is 2. The summed E-state index contributed by atoms with van der Waals surface area (Å²) in [6.45, 7) is 0. The van der Waals surface area contributed by atoms with E-state index in [0.29, 0.717) is 11.4 Å². The molecule has 0 bridgehead atoms. The lowest BCUT2D eigenvalue weighted by Gasteiger charge is -2.13. The molecule has 3 aromatic rings. The minimum atomic E-state index is -1.20. The molecule has 1 aromatic heterocycles. The van der Waals surface area contributed by atoms with Crippen LogP contribution in [0, 0.1) is 9.39 Å². The largest absolute Gasteiger partial charge is 0.478 e. The van der Waals surface area contributed by atoms with Crippen LogP contribution in [0.1, 0.15) is 10.4 Å². The molecule has 5 nitrogen and oxygen atoms in total. The maximum Gasteiger partial charge on any atom is 0.337 e. The summed E-state index contributed by atoms with van der Waals surface area (Å²) in [5.41, 5.74) is 1.04. The maximum atomic E-state index is 14.2. The van der Waals surface area contributed by atoms with Gasteiger partial charge in [-0.15, -0.1) is 0 Å². The quantitative estimate of drug-likeness (QED) is 0.622. The van der Waals surface area contributed by atoms with Crippen molar-refractivity contribution >= 4 is 39.9 Å². The molecule has 0 aliphatic carbocycles. The van der Waals surface area contributed by atoms with E-state index in [1.54, 1.807) is 12.3 Å². The third kappa shape index (κ3) is 3.34. The molecule has 23 heavy (non-hydrogen) atoms. The first-order valence-corrected chi connectivity index (χ1v) is 7.72. The Morgan fingerprint density at radius 1 is 1.26 bits per heavy atom. The summed E-state index contributed by atoms with van der Waals surface area (Å²) in [4.78, 5) is 11.4. The van der Waals surface area contributed by atoms with E-state index in [4.69, 9.17) is 0 Å². The fraction of sp³-hybridized carbons (Fsp3) is 0. The molecule has 0 radical (unpaired) electrons. The van der Waals surface area contributed by atoms with Gasteiger partial charge in [0.25, 0.3) is 0 Å². The van der Waals surface area contributed by atoms with E-state index < -0.39 is 11.8 Å². The van der Waals surface area contributed by atoms with Crippen molar-refractivity contribution in [3.05, 3.63) is 69.8 Å². The monoisotopic (exact) mass is 423 g/mol. The van der Waals surface area contributed by atoms with E-state index in [1.807, 2.05) is 24.3 Å². The summed E-state index contributed by atoms with van der Waals surface area (Å²) < 4.78 is 16.6. The number of carbonyl (C=O) groups is 1. The molecule has 2 aromatic carbocycles. The van der Waals surface area contributed by atoms with Crippen molar-refractivity contribution in [1.29, 1.82) is 0 Å². The topological polar surface area (TPSA) is 67.1 Å². The number of aromatic nitrogens is 2. The summed E-state index contributed by atoms with van der Waals surface area (Å²) in [5.74, 6) is -1.86. The molecule has 3 rings (SSSR count). The summed E-state index contributed by atoms with van der Waals surface area (Å²) >= 11 is 2.18. The number of rotatable bonds is 4. The Kier molecular flexibility index (Phi) is 4.28. The molecule has 2 N–H and O–H groups in total. The van der Waals surface area contributed by atoms with Crippen LogP contribution in [0.2, 0.25) is 0 Å². The summed E-state index contributed by atoms with van der Waals surface area (Å²) in [5, 5.41) is 16.3. The Morgan fingerprint density at radius 3 is 2.61 bits per heavy atom. The lowest BCUT2D eigenvalue weighted by Crippen LogP contribution is -2.07. The number of carboxylic acids is 1. The van der Waals surface area contributed by atoms with Gasteiger partial charge in [-0.05, 0) is 65.1 Å². The van der Waals surface area contributed by atoms with Crippen molar-refractivity contribution in [2.24, 2.45) is 0 Å². The number of carboxylic acid groups (broad SMARTS) is 1. The molecule has 0 atom stereocenters. The zero-order valence-corrected chi connectivity index (χ0v) is 13.9. The molecule has 1 heterocycles. The molecule has 0 saturated heterocycles. The highest BCUT2D eigenvalue weighted by molar-refractivity contribution is 14.1. The first-order valence-electron chi connectivity index (χ1n) is 6.64. The number of nitrogens with zero attached hydrogens (tertiary/aromatic N) is 2. The molecule has 0 aliphatic rings. The van der Waals surface area contributed by atoms with Crippen molar-refractivity contribution in [2.45, 2.75) is 0 Å². The number of hydrogen-bond acceptors (Lipinski definition) is 3. The van der Waals surface area contributed by atoms with Crippen molar-refractivity contribution in [2.75, 3.05) is 5.32 Å². The van der Waals surface area contributed by atoms with Gasteiger partial charge >= 0.3 is 5.97 Å². The van der Waals surface area contributed by atoms with Crippen LogP contribution in [0.4, 0.5) is 15.8 Å². The number of nitrogens with one attached hydrogen (secondary N) is 1. The molecule has 116 valence electrons. The highest BCUT2D eigenvalue weighted by Gasteiger charge is 2.16. The van der Waals surface area contributed by atoms with Crippen LogP contribution in [-0.4, -0.2) is 20.9 Å². The molecular formula is C16H11FIN3O2. The van der Waals surface area contributed by atoms with Crippen LogP contribution in [0.5, 0.6) is 0 Å². The number of anilines is 2. The van der Waals surface area contributed by atoms with Gasteiger partial charge in [-0.2, -0.15) is 5.10 Å². The molecule has 0 spiro atoms. The van der Waals surface area contributed by atoms with Gasteiger partial charge in [-0.1, -0.05) is 0 Å². The fourth-order valence-corrected chi connectivity index (χ4v) is 2.48. The lowest BCUT2D eigenvalue weighted by atomic mass is 10.1. The van der Waals surface area contributed by atoms with Gasteiger partial charge in [0, 0.05) is 21.7 Å². The van der Waals surface area contributed by atoms with Crippen LogP contribution in [0.3, 0.4) is 0 Å². The first-order chi connectivity index (χ1) is 11.0. The van der Waals surface area contributed by atoms with Gasteiger partial charge in [0.1, 0.15) is 11.5 Å². The summed E-state index contributed by atoms with van der Waals surface area (Å²) in [6.07, 6.45) is 3.12. The Hall–Kier alpha value is -2.42. The van der Waals surface area contributed by atoms with Gasteiger partial charge in [0.05, 0.1) is 11.3 Å². The highest BCUT2D eigenvalue weighted by Crippen LogP contribution is 2.27. The molecular weight excluding hydrogens is 412 g/mol. The maximum absolute atomic E-state index is 14.2. The molecule has 0 saturated carbocycles. The van der Waals surface area contributed by atoms with Gasteiger partial charge in [-0.3, -0.25) is 0 Å². The third-order valence-corrected chi connectivity index (χ3v) is 3.91. The van der Waals surface area contributed by atoms with Crippen molar-refractivity contribution in [3.8, 4) is 5.69 Å². The van der Waals surface area contributed by atoms with Gasteiger partial charge in [0.15, 0.2) is 0 Å². The van der Waals surface area contributed by atoms with Gasteiger partial charge in [-0.25, -0.2) is 13.9 Å². The first kappa shape index (κ1) is 15.5. The average Bonchev–Trinajstić information content (AvgIpc) is 3.05. The lowest BCUT2D eigenvalue weighted by molar-refractivity contribution is 0.0697. The Balaban J connectivity index is 2.07. The second-order valence-corrected chi connectivity index (χ2v) is 5.98. The predicted octanol–water partition coefficient (Wildman–Crippen LogP) is 4.06. The second-order valence-electron chi connectivity index (χ2n) is 4.74. The zero-order valence-electron chi connectivity index (χ0n) is 11.7. The molecule has 0 unspecified atom stereocenters. The van der Waals surface area contributed by atoms with E-state index >= 15 is 0 Å². The summed E-state index contributed by atoms with van der Waals surface area (Å²) in [6, 6.07) is 11.5. The van der Waals surface area contributed by atoms with E-state index in [0.717, 1.165) is 9.64 Å². The number of aromatic carboxylic acids is 1. The molecule has 0 fully saturated rings. The minimum absolute atomic E-state index is 0.142. The predicted molar refractivity (Wildman–Crippen MR) is 92.9 cm³/mol. The van der Waals surface area contributed by atoms with Crippen LogP contribution in [0.25, 0.3) is 5.69 Å².